The Labute approximate surface area is 71.7 Å². The lowest BCUT2D eigenvalue weighted by Gasteiger charge is -1.99. The third-order valence-corrected chi connectivity index (χ3v) is 2.02. The van der Waals surface area contributed by atoms with Crippen LogP contribution in [-0.4, -0.2) is 23.8 Å². The minimum absolute atomic E-state index is 0.454. The minimum atomic E-state index is -0.498. The first-order chi connectivity index (χ1) is 5.83. The van der Waals surface area contributed by atoms with E-state index in [2.05, 4.69) is 10.5 Å². The molecule has 0 aromatic rings. The molecule has 0 spiro atoms. The van der Waals surface area contributed by atoms with E-state index in [9.17, 15) is 4.79 Å². The Morgan fingerprint density at radius 2 is 2.25 bits per heavy atom. The molecule has 0 saturated heterocycles. The molecule has 0 bridgehead atoms. The molecule has 0 radical (unpaired) electrons. The van der Waals surface area contributed by atoms with E-state index in [0.29, 0.717) is 5.92 Å². The summed E-state index contributed by atoms with van der Waals surface area (Å²) in [5.41, 5.74) is 2.24. The summed E-state index contributed by atoms with van der Waals surface area (Å²) < 4.78 is 0. The molecule has 0 atom stereocenters. The van der Waals surface area contributed by atoms with Crippen molar-refractivity contribution in [1.29, 1.82) is 0 Å². The van der Waals surface area contributed by atoms with E-state index in [1.54, 1.807) is 6.21 Å². The molecule has 1 fully saturated rings. The van der Waals surface area contributed by atoms with Crippen LogP contribution in [0.4, 0.5) is 0 Å². The highest BCUT2D eigenvalue weighted by atomic mass is 16.3. The van der Waals surface area contributed by atoms with Crippen LogP contribution in [0, 0.1) is 5.92 Å². The van der Waals surface area contributed by atoms with Crippen molar-refractivity contribution in [3.05, 3.63) is 0 Å². The zero-order chi connectivity index (χ0) is 8.81. The molecule has 12 heavy (non-hydrogen) atoms. The van der Waals surface area contributed by atoms with Crippen LogP contribution < -0.4 is 5.43 Å². The van der Waals surface area contributed by atoms with E-state index in [0.717, 1.165) is 0 Å². The fraction of sp³-hybridized carbons (Fsp3) is 0.750. The van der Waals surface area contributed by atoms with Crippen molar-refractivity contribution in [3.63, 3.8) is 0 Å². The molecule has 1 aliphatic carbocycles. The zero-order valence-corrected chi connectivity index (χ0v) is 6.99. The number of carbonyl (C=O) groups is 1. The Morgan fingerprint density at radius 1 is 1.58 bits per heavy atom. The lowest BCUT2D eigenvalue weighted by Crippen LogP contribution is -2.21. The third-order valence-electron chi connectivity index (χ3n) is 2.02. The van der Waals surface area contributed by atoms with Crippen LogP contribution in [0.15, 0.2) is 5.10 Å². The van der Waals surface area contributed by atoms with Gasteiger partial charge in [0.1, 0.15) is 6.61 Å². The van der Waals surface area contributed by atoms with Crippen molar-refractivity contribution < 1.29 is 9.90 Å². The summed E-state index contributed by atoms with van der Waals surface area (Å²) in [6.45, 7) is -0.498. The van der Waals surface area contributed by atoms with Crippen LogP contribution in [-0.2, 0) is 4.79 Å². The van der Waals surface area contributed by atoms with Crippen molar-refractivity contribution >= 4 is 12.1 Å². The molecular formula is C8H14N2O2. The highest BCUT2D eigenvalue weighted by Crippen LogP contribution is 2.22. The summed E-state index contributed by atoms with van der Waals surface area (Å²) in [5, 5.41) is 12.1. The first-order valence-corrected chi connectivity index (χ1v) is 4.26. The van der Waals surface area contributed by atoms with Crippen molar-refractivity contribution in [1.82, 2.24) is 5.43 Å². The van der Waals surface area contributed by atoms with Crippen LogP contribution in [0.25, 0.3) is 0 Å². The second-order valence-electron chi connectivity index (χ2n) is 3.02. The average molecular weight is 170 g/mol. The van der Waals surface area contributed by atoms with Gasteiger partial charge in [0.25, 0.3) is 5.91 Å². The lowest BCUT2D eigenvalue weighted by molar-refractivity contribution is -0.123. The summed E-state index contributed by atoms with van der Waals surface area (Å²) in [6, 6.07) is 0. The Morgan fingerprint density at radius 3 is 2.83 bits per heavy atom. The van der Waals surface area contributed by atoms with E-state index < -0.39 is 12.5 Å². The fourth-order valence-corrected chi connectivity index (χ4v) is 1.36. The van der Waals surface area contributed by atoms with E-state index in [4.69, 9.17) is 5.11 Å². The molecule has 68 valence electrons. The van der Waals surface area contributed by atoms with Crippen LogP contribution in [0.3, 0.4) is 0 Å². The van der Waals surface area contributed by atoms with Crippen molar-refractivity contribution in [3.8, 4) is 0 Å². The first-order valence-electron chi connectivity index (χ1n) is 4.26. The Balaban J connectivity index is 2.16. The van der Waals surface area contributed by atoms with Crippen LogP contribution in [0.1, 0.15) is 25.7 Å². The van der Waals surface area contributed by atoms with Gasteiger partial charge in [-0.3, -0.25) is 4.79 Å². The number of hydrogen-bond donors (Lipinski definition) is 2. The third kappa shape index (κ3) is 3.00. The number of hydrogen-bond acceptors (Lipinski definition) is 3. The van der Waals surface area contributed by atoms with Gasteiger partial charge in [-0.15, -0.1) is 0 Å². The summed E-state index contributed by atoms with van der Waals surface area (Å²) in [4.78, 5) is 10.5. The number of aliphatic hydroxyl groups excluding tert-OH is 1. The van der Waals surface area contributed by atoms with Crippen molar-refractivity contribution in [2.75, 3.05) is 6.61 Å². The molecule has 0 aromatic heterocycles. The molecule has 0 aliphatic heterocycles. The van der Waals surface area contributed by atoms with Gasteiger partial charge >= 0.3 is 0 Å². The molecular weight excluding hydrogens is 156 g/mol. The average Bonchev–Trinajstić information content (AvgIpc) is 2.57. The van der Waals surface area contributed by atoms with Gasteiger partial charge in [0.05, 0.1) is 0 Å². The van der Waals surface area contributed by atoms with E-state index in [1.165, 1.54) is 25.7 Å². The molecule has 4 heteroatoms. The Hall–Kier alpha value is -0.900. The molecule has 1 saturated carbocycles. The normalized spacial score (nSPS) is 18.8. The smallest absolute Gasteiger partial charge is 0.265 e. The van der Waals surface area contributed by atoms with Gasteiger partial charge in [-0.25, -0.2) is 5.43 Å². The summed E-state index contributed by atoms with van der Waals surface area (Å²) >= 11 is 0. The molecule has 1 rings (SSSR count). The molecule has 0 unspecified atom stereocenters. The second kappa shape index (κ2) is 4.87. The first kappa shape index (κ1) is 9.19. The maximum Gasteiger partial charge on any atom is 0.265 e. The Kier molecular flexibility index (Phi) is 3.73. The highest BCUT2D eigenvalue weighted by Gasteiger charge is 2.11. The topological polar surface area (TPSA) is 61.7 Å². The van der Waals surface area contributed by atoms with Gasteiger partial charge in [0, 0.05) is 6.21 Å². The van der Waals surface area contributed by atoms with Gasteiger partial charge in [0.2, 0.25) is 0 Å². The number of aliphatic hydroxyl groups is 1. The van der Waals surface area contributed by atoms with Crippen molar-refractivity contribution in [2.24, 2.45) is 11.0 Å². The predicted octanol–water partition coefficient (Wildman–Crippen LogP) is 0.271. The van der Waals surface area contributed by atoms with Gasteiger partial charge in [-0.2, -0.15) is 5.10 Å². The zero-order valence-electron chi connectivity index (χ0n) is 6.99. The van der Waals surface area contributed by atoms with E-state index in [1.807, 2.05) is 0 Å². The number of hydrazone groups is 1. The van der Waals surface area contributed by atoms with Gasteiger partial charge < -0.3 is 5.11 Å². The van der Waals surface area contributed by atoms with Crippen LogP contribution in [0.5, 0.6) is 0 Å². The maximum atomic E-state index is 10.5. The predicted molar refractivity (Wildman–Crippen MR) is 45.7 cm³/mol. The number of rotatable bonds is 3. The maximum absolute atomic E-state index is 10.5. The van der Waals surface area contributed by atoms with Gasteiger partial charge in [-0.05, 0) is 18.8 Å². The summed E-state index contributed by atoms with van der Waals surface area (Å²) in [5.74, 6) is 0.0632. The minimum Gasteiger partial charge on any atom is -0.386 e. The van der Waals surface area contributed by atoms with Gasteiger partial charge in [-0.1, -0.05) is 12.8 Å². The molecule has 2 N–H and O–H groups in total. The SMILES string of the molecule is O=C(CO)N/N=C/C1CCCC1. The largest absolute Gasteiger partial charge is 0.386 e. The number of amides is 1. The molecule has 1 amide bonds. The van der Waals surface area contributed by atoms with E-state index >= 15 is 0 Å². The van der Waals surface area contributed by atoms with Crippen LogP contribution >= 0.6 is 0 Å². The van der Waals surface area contributed by atoms with Crippen LogP contribution in [0.2, 0.25) is 0 Å². The number of nitrogens with zero attached hydrogens (tertiary/aromatic N) is 1. The standard InChI is InChI=1S/C8H14N2O2/c11-6-8(12)10-9-5-7-3-1-2-4-7/h5,7,11H,1-4,6H2,(H,10,12)/b9-5+. The molecule has 1 aliphatic rings. The fourth-order valence-electron chi connectivity index (χ4n) is 1.36. The number of nitrogens with one attached hydrogen (secondary N) is 1. The lowest BCUT2D eigenvalue weighted by atomic mass is 10.1. The number of carbonyl (C=O) groups excluding carboxylic acids is 1. The van der Waals surface area contributed by atoms with Gasteiger partial charge in [0.15, 0.2) is 0 Å². The van der Waals surface area contributed by atoms with E-state index in [-0.39, 0.29) is 0 Å². The second-order valence-corrected chi connectivity index (χ2v) is 3.02. The summed E-state index contributed by atoms with van der Waals surface area (Å²) in [7, 11) is 0. The Bertz CT molecular complexity index is 174. The summed E-state index contributed by atoms with van der Waals surface area (Å²) in [6.07, 6.45) is 6.60. The monoisotopic (exact) mass is 170 g/mol. The quantitative estimate of drug-likeness (QED) is 0.472. The molecule has 4 nitrogen and oxygen atoms in total. The van der Waals surface area contributed by atoms with Crippen molar-refractivity contribution in [2.45, 2.75) is 25.7 Å². The molecule has 0 aromatic carbocycles. The highest BCUT2D eigenvalue weighted by molar-refractivity contribution is 5.77. The molecule has 0 heterocycles.